The van der Waals surface area contributed by atoms with Gasteiger partial charge in [0.1, 0.15) is 5.75 Å². The van der Waals surface area contributed by atoms with Crippen molar-refractivity contribution in [1.29, 1.82) is 0 Å². The molecule has 0 atom stereocenters. The standard InChI is InChI=1S/C22H23N3O4.ClH/c1-26-17-7-5-6-16-15(17)9-8-13-12-23-22(25-20(13)16)24-14-10-18(27-2)21(29-4)19(11-14)28-3;/h5-7,10-12H,8-9H2,1-4H3,(H,23,24,25);1H. The lowest BCUT2D eigenvalue weighted by molar-refractivity contribution is 0.324. The summed E-state index contributed by atoms with van der Waals surface area (Å²) in [5.74, 6) is 3.04. The van der Waals surface area contributed by atoms with Gasteiger partial charge in [0.25, 0.3) is 0 Å². The number of methoxy groups -OCH3 is 4. The summed E-state index contributed by atoms with van der Waals surface area (Å²) in [6.07, 6.45) is 3.67. The summed E-state index contributed by atoms with van der Waals surface area (Å²) in [5.41, 5.74) is 5.05. The first-order chi connectivity index (χ1) is 14.2. The average molecular weight is 430 g/mol. The fourth-order valence-corrected chi connectivity index (χ4v) is 3.66. The SMILES string of the molecule is COc1cccc2c1CCc1cnc(Nc3cc(OC)c(OC)c(OC)c3)nc1-2.Cl. The van der Waals surface area contributed by atoms with Gasteiger partial charge in [-0.05, 0) is 24.5 Å². The molecule has 30 heavy (non-hydrogen) atoms. The van der Waals surface area contributed by atoms with Crippen LogP contribution >= 0.6 is 12.4 Å². The summed E-state index contributed by atoms with van der Waals surface area (Å²) < 4.78 is 21.7. The van der Waals surface area contributed by atoms with Crippen LogP contribution < -0.4 is 24.3 Å². The highest BCUT2D eigenvalue weighted by molar-refractivity contribution is 5.85. The molecule has 158 valence electrons. The van der Waals surface area contributed by atoms with Crippen LogP contribution in [-0.2, 0) is 12.8 Å². The van der Waals surface area contributed by atoms with E-state index in [2.05, 4.69) is 16.4 Å². The smallest absolute Gasteiger partial charge is 0.227 e. The predicted molar refractivity (Wildman–Crippen MR) is 118 cm³/mol. The van der Waals surface area contributed by atoms with E-state index in [1.807, 2.05) is 30.5 Å². The molecule has 0 saturated heterocycles. The van der Waals surface area contributed by atoms with Crippen LogP contribution in [0.25, 0.3) is 11.3 Å². The van der Waals surface area contributed by atoms with E-state index in [9.17, 15) is 0 Å². The Morgan fingerprint density at radius 2 is 1.57 bits per heavy atom. The van der Waals surface area contributed by atoms with E-state index in [4.69, 9.17) is 23.9 Å². The normalized spacial score (nSPS) is 11.5. The van der Waals surface area contributed by atoms with Crippen molar-refractivity contribution in [3.63, 3.8) is 0 Å². The van der Waals surface area contributed by atoms with Crippen LogP contribution in [0.4, 0.5) is 11.6 Å². The molecule has 4 rings (SSSR count). The Morgan fingerprint density at radius 1 is 0.867 bits per heavy atom. The Bertz CT molecular complexity index is 1030. The van der Waals surface area contributed by atoms with E-state index in [-0.39, 0.29) is 12.4 Å². The zero-order valence-electron chi connectivity index (χ0n) is 17.3. The Kier molecular flexibility index (Phi) is 6.52. The minimum atomic E-state index is 0. The molecule has 0 fully saturated rings. The van der Waals surface area contributed by atoms with Gasteiger partial charge in [-0.2, -0.15) is 0 Å². The first kappa shape index (κ1) is 21.5. The van der Waals surface area contributed by atoms with Crippen molar-refractivity contribution >= 4 is 24.0 Å². The third-order valence-corrected chi connectivity index (χ3v) is 5.04. The molecule has 0 unspecified atom stereocenters. The number of fused-ring (bicyclic) bond motifs is 3. The van der Waals surface area contributed by atoms with Gasteiger partial charge in [-0.15, -0.1) is 12.4 Å². The quantitative estimate of drug-likeness (QED) is 0.620. The van der Waals surface area contributed by atoms with Crippen molar-refractivity contribution in [2.24, 2.45) is 0 Å². The second kappa shape index (κ2) is 9.09. The second-order valence-corrected chi connectivity index (χ2v) is 6.59. The number of benzene rings is 2. The Balaban J connectivity index is 0.00000256. The van der Waals surface area contributed by atoms with Crippen molar-refractivity contribution < 1.29 is 18.9 Å². The highest BCUT2D eigenvalue weighted by atomic mass is 35.5. The highest BCUT2D eigenvalue weighted by Crippen LogP contribution is 2.41. The van der Waals surface area contributed by atoms with E-state index in [1.165, 1.54) is 5.56 Å². The number of nitrogens with zero attached hydrogens (tertiary/aromatic N) is 2. The van der Waals surface area contributed by atoms with Gasteiger partial charge in [-0.1, -0.05) is 12.1 Å². The van der Waals surface area contributed by atoms with E-state index >= 15 is 0 Å². The Hall–Kier alpha value is -3.19. The third kappa shape index (κ3) is 3.80. The largest absolute Gasteiger partial charge is 0.496 e. The van der Waals surface area contributed by atoms with Crippen LogP contribution in [-0.4, -0.2) is 38.4 Å². The van der Waals surface area contributed by atoms with Crippen molar-refractivity contribution in [3.8, 4) is 34.3 Å². The van der Waals surface area contributed by atoms with Gasteiger partial charge < -0.3 is 24.3 Å². The molecule has 2 aromatic carbocycles. The second-order valence-electron chi connectivity index (χ2n) is 6.59. The number of halogens is 1. The van der Waals surface area contributed by atoms with Crippen LogP contribution in [0.1, 0.15) is 11.1 Å². The molecule has 0 bridgehead atoms. The Morgan fingerprint density at radius 3 is 2.20 bits per heavy atom. The van der Waals surface area contributed by atoms with Gasteiger partial charge in [0.15, 0.2) is 11.5 Å². The zero-order valence-corrected chi connectivity index (χ0v) is 18.1. The van der Waals surface area contributed by atoms with Crippen LogP contribution in [0.5, 0.6) is 23.0 Å². The summed E-state index contributed by atoms with van der Waals surface area (Å²) in [6.45, 7) is 0. The number of nitrogens with one attached hydrogen (secondary N) is 1. The van der Waals surface area contributed by atoms with Crippen molar-refractivity contribution in [2.45, 2.75) is 12.8 Å². The third-order valence-electron chi connectivity index (χ3n) is 5.04. The van der Waals surface area contributed by atoms with Gasteiger partial charge >= 0.3 is 0 Å². The molecule has 0 aliphatic heterocycles. The molecule has 0 amide bonds. The fourth-order valence-electron chi connectivity index (χ4n) is 3.66. The molecule has 1 heterocycles. The van der Waals surface area contributed by atoms with E-state index < -0.39 is 0 Å². The molecule has 3 aromatic rings. The summed E-state index contributed by atoms with van der Waals surface area (Å²) in [4.78, 5) is 9.28. The Labute approximate surface area is 181 Å². The molecule has 0 spiro atoms. The molecule has 1 N–H and O–H groups in total. The summed E-state index contributed by atoms with van der Waals surface area (Å²) >= 11 is 0. The minimum absolute atomic E-state index is 0. The topological polar surface area (TPSA) is 74.7 Å². The number of aromatic nitrogens is 2. The molecular weight excluding hydrogens is 406 g/mol. The maximum Gasteiger partial charge on any atom is 0.227 e. The molecule has 1 aliphatic rings. The van der Waals surface area contributed by atoms with Crippen molar-refractivity contribution in [3.05, 3.63) is 47.7 Å². The van der Waals surface area contributed by atoms with E-state index in [1.54, 1.807) is 28.4 Å². The summed E-state index contributed by atoms with van der Waals surface area (Å²) in [5, 5.41) is 3.25. The highest BCUT2D eigenvalue weighted by Gasteiger charge is 2.21. The van der Waals surface area contributed by atoms with Gasteiger partial charge in [0.2, 0.25) is 11.7 Å². The minimum Gasteiger partial charge on any atom is -0.496 e. The van der Waals surface area contributed by atoms with Gasteiger partial charge in [0, 0.05) is 35.1 Å². The maximum atomic E-state index is 5.53. The molecule has 0 saturated carbocycles. The van der Waals surface area contributed by atoms with Crippen LogP contribution in [0.3, 0.4) is 0 Å². The van der Waals surface area contributed by atoms with Crippen LogP contribution in [0.15, 0.2) is 36.5 Å². The van der Waals surface area contributed by atoms with Gasteiger partial charge in [0.05, 0.1) is 34.1 Å². The average Bonchev–Trinajstić information content (AvgIpc) is 2.77. The maximum absolute atomic E-state index is 5.53. The van der Waals surface area contributed by atoms with Crippen LogP contribution in [0.2, 0.25) is 0 Å². The number of ether oxygens (including phenoxy) is 4. The van der Waals surface area contributed by atoms with Gasteiger partial charge in [-0.3, -0.25) is 0 Å². The number of aryl methyl sites for hydroxylation is 1. The summed E-state index contributed by atoms with van der Waals surface area (Å²) in [7, 11) is 6.44. The molecule has 0 radical (unpaired) electrons. The predicted octanol–water partition coefficient (Wildman–Crippen LogP) is 4.44. The molecular formula is C22H24ClN3O4. The summed E-state index contributed by atoms with van der Waals surface area (Å²) in [6, 6.07) is 9.69. The zero-order chi connectivity index (χ0) is 20.4. The van der Waals surface area contributed by atoms with E-state index in [0.29, 0.717) is 23.2 Å². The van der Waals surface area contributed by atoms with Crippen molar-refractivity contribution in [1.82, 2.24) is 9.97 Å². The number of hydrogen-bond acceptors (Lipinski definition) is 7. The first-order valence-corrected chi connectivity index (χ1v) is 9.27. The first-order valence-electron chi connectivity index (χ1n) is 9.27. The molecule has 7 nitrogen and oxygen atoms in total. The fraction of sp³-hybridized carbons (Fsp3) is 0.273. The lowest BCUT2D eigenvalue weighted by atomic mass is 9.89. The molecule has 8 heteroatoms. The van der Waals surface area contributed by atoms with Gasteiger partial charge in [-0.25, -0.2) is 9.97 Å². The lowest BCUT2D eigenvalue weighted by Crippen LogP contribution is -2.10. The lowest BCUT2D eigenvalue weighted by Gasteiger charge is -2.21. The molecule has 1 aliphatic carbocycles. The number of rotatable bonds is 6. The van der Waals surface area contributed by atoms with Crippen LogP contribution in [0, 0.1) is 0 Å². The molecule has 1 aromatic heterocycles. The number of hydrogen-bond donors (Lipinski definition) is 1. The monoisotopic (exact) mass is 429 g/mol. The van der Waals surface area contributed by atoms with Crippen molar-refractivity contribution in [2.75, 3.05) is 33.8 Å². The van der Waals surface area contributed by atoms with E-state index in [0.717, 1.165) is 41.1 Å². The number of anilines is 2.